The fourth-order valence-electron chi connectivity index (χ4n) is 2.83. The van der Waals surface area contributed by atoms with E-state index >= 15 is 0 Å². The van der Waals surface area contributed by atoms with Gasteiger partial charge in [-0.15, -0.1) is 0 Å². The number of hydrogen-bond donors (Lipinski definition) is 0. The average Bonchev–Trinajstić information content (AvgIpc) is 2.25. The zero-order chi connectivity index (χ0) is 14.2. The third kappa shape index (κ3) is 2.87. The number of ether oxygens (including phenoxy) is 1. The van der Waals surface area contributed by atoms with Gasteiger partial charge in [0.05, 0.1) is 28.6 Å². The standard InChI is InChI=1S/C15H21N3O/c1-10-6-14(13(7-16)12(3)17-10)18-8-11(2)19-15(4,5)9-18/h6,11H,8-9H2,1-5H3. The molecule has 1 aliphatic rings. The van der Waals surface area contributed by atoms with Crippen molar-refractivity contribution in [2.75, 3.05) is 18.0 Å². The van der Waals surface area contributed by atoms with Crippen molar-refractivity contribution in [3.63, 3.8) is 0 Å². The van der Waals surface area contributed by atoms with Gasteiger partial charge in [-0.1, -0.05) is 0 Å². The van der Waals surface area contributed by atoms with Crippen LogP contribution in [0.15, 0.2) is 6.07 Å². The highest BCUT2D eigenvalue weighted by Crippen LogP contribution is 2.29. The molecule has 2 rings (SSSR count). The second-order valence-corrected chi connectivity index (χ2v) is 5.92. The number of pyridine rings is 1. The Bertz CT molecular complexity index is 531. The van der Waals surface area contributed by atoms with E-state index in [1.54, 1.807) is 0 Å². The lowest BCUT2D eigenvalue weighted by molar-refractivity contribution is -0.0749. The average molecular weight is 259 g/mol. The monoisotopic (exact) mass is 259 g/mol. The maximum absolute atomic E-state index is 9.37. The first kappa shape index (κ1) is 13.8. The fourth-order valence-corrected chi connectivity index (χ4v) is 2.83. The van der Waals surface area contributed by atoms with Crippen LogP contribution in [-0.2, 0) is 4.74 Å². The van der Waals surface area contributed by atoms with Crippen LogP contribution in [0.3, 0.4) is 0 Å². The van der Waals surface area contributed by atoms with Gasteiger partial charge in [0.25, 0.3) is 0 Å². The number of hydrogen-bond acceptors (Lipinski definition) is 4. The number of aryl methyl sites for hydroxylation is 2. The number of nitriles is 1. The molecule has 1 unspecified atom stereocenters. The van der Waals surface area contributed by atoms with Gasteiger partial charge >= 0.3 is 0 Å². The van der Waals surface area contributed by atoms with E-state index in [0.717, 1.165) is 30.2 Å². The second kappa shape index (κ2) is 4.82. The van der Waals surface area contributed by atoms with Crippen molar-refractivity contribution in [3.8, 4) is 6.07 Å². The summed E-state index contributed by atoms with van der Waals surface area (Å²) in [7, 11) is 0. The van der Waals surface area contributed by atoms with Crippen molar-refractivity contribution in [1.29, 1.82) is 5.26 Å². The summed E-state index contributed by atoms with van der Waals surface area (Å²) in [4.78, 5) is 6.62. The Kier molecular flexibility index (Phi) is 3.51. The zero-order valence-electron chi connectivity index (χ0n) is 12.3. The molecule has 1 aromatic heterocycles. The molecule has 0 saturated carbocycles. The number of rotatable bonds is 1. The molecule has 1 fully saturated rings. The highest BCUT2D eigenvalue weighted by molar-refractivity contribution is 5.62. The largest absolute Gasteiger partial charge is 0.369 e. The minimum atomic E-state index is -0.199. The first-order valence-electron chi connectivity index (χ1n) is 6.63. The van der Waals surface area contributed by atoms with Gasteiger partial charge in [0.15, 0.2) is 0 Å². The normalized spacial score (nSPS) is 22.1. The molecule has 1 saturated heterocycles. The Labute approximate surface area is 115 Å². The highest BCUT2D eigenvalue weighted by atomic mass is 16.5. The van der Waals surface area contributed by atoms with E-state index in [2.05, 4.69) is 36.7 Å². The predicted octanol–water partition coefficient (Wildman–Crippen LogP) is 2.57. The summed E-state index contributed by atoms with van der Waals surface area (Å²) >= 11 is 0. The van der Waals surface area contributed by atoms with Gasteiger partial charge in [-0.2, -0.15) is 5.26 Å². The van der Waals surface area contributed by atoms with E-state index in [4.69, 9.17) is 4.74 Å². The van der Waals surface area contributed by atoms with Gasteiger partial charge < -0.3 is 9.64 Å². The maximum Gasteiger partial charge on any atom is 0.103 e. The minimum Gasteiger partial charge on any atom is -0.369 e. The topological polar surface area (TPSA) is 49.1 Å². The molecular weight excluding hydrogens is 238 g/mol. The van der Waals surface area contributed by atoms with E-state index in [1.165, 1.54) is 0 Å². The van der Waals surface area contributed by atoms with Crippen LogP contribution in [0.1, 0.15) is 37.7 Å². The Morgan fingerprint density at radius 2 is 2.16 bits per heavy atom. The number of aromatic nitrogens is 1. The van der Waals surface area contributed by atoms with Crippen LogP contribution in [0, 0.1) is 25.2 Å². The van der Waals surface area contributed by atoms with Crippen molar-refractivity contribution in [3.05, 3.63) is 23.0 Å². The van der Waals surface area contributed by atoms with Crippen LogP contribution in [0.2, 0.25) is 0 Å². The molecule has 1 atom stereocenters. The first-order valence-corrected chi connectivity index (χ1v) is 6.63. The number of morpholine rings is 1. The molecule has 0 spiro atoms. The lowest BCUT2D eigenvalue weighted by Crippen LogP contribution is -2.52. The van der Waals surface area contributed by atoms with Crippen LogP contribution in [0.25, 0.3) is 0 Å². The summed E-state index contributed by atoms with van der Waals surface area (Å²) in [5.74, 6) is 0. The van der Waals surface area contributed by atoms with Gasteiger partial charge in [-0.05, 0) is 40.7 Å². The molecule has 4 nitrogen and oxygen atoms in total. The molecule has 0 N–H and O–H groups in total. The van der Waals surface area contributed by atoms with Crippen LogP contribution >= 0.6 is 0 Å². The Morgan fingerprint density at radius 3 is 2.74 bits per heavy atom. The molecule has 0 aliphatic carbocycles. The lowest BCUT2D eigenvalue weighted by atomic mass is 10.0. The van der Waals surface area contributed by atoms with Crippen LogP contribution in [0.4, 0.5) is 5.69 Å². The Morgan fingerprint density at radius 1 is 1.47 bits per heavy atom. The summed E-state index contributed by atoms with van der Waals surface area (Å²) in [6.45, 7) is 11.7. The van der Waals surface area contributed by atoms with Gasteiger partial charge in [0, 0.05) is 18.8 Å². The maximum atomic E-state index is 9.37. The summed E-state index contributed by atoms with van der Waals surface area (Å²) < 4.78 is 5.92. The lowest BCUT2D eigenvalue weighted by Gasteiger charge is -2.43. The van der Waals surface area contributed by atoms with Gasteiger partial charge in [-0.3, -0.25) is 4.98 Å². The van der Waals surface area contributed by atoms with Crippen molar-refractivity contribution in [2.45, 2.75) is 46.3 Å². The Balaban J connectivity index is 2.44. The summed E-state index contributed by atoms with van der Waals surface area (Å²) in [6.07, 6.45) is 0.157. The first-order chi connectivity index (χ1) is 8.82. The van der Waals surface area contributed by atoms with Gasteiger partial charge in [0.1, 0.15) is 6.07 Å². The molecule has 4 heteroatoms. The third-order valence-electron chi connectivity index (χ3n) is 3.33. The molecule has 0 radical (unpaired) electrons. The smallest absolute Gasteiger partial charge is 0.103 e. The van der Waals surface area contributed by atoms with Crippen molar-refractivity contribution >= 4 is 5.69 Å². The molecule has 2 heterocycles. The van der Waals surface area contributed by atoms with Crippen LogP contribution < -0.4 is 4.90 Å². The SMILES string of the molecule is Cc1cc(N2CC(C)OC(C)(C)C2)c(C#N)c(C)n1. The fraction of sp³-hybridized carbons (Fsp3) is 0.600. The predicted molar refractivity (Wildman–Crippen MR) is 75.3 cm³/mol. The van der Waals surface area contributed by atoms with Crippen molar-refractivity contribution < 1.29 is 4.74 Å². The number of nitrogens with zero attached hydrogens (tertiary/aromatic N) is 3. The quantitative estimate of drug-likeness (QED) is 0.777. The molecule has 1 aliphatic heterocycles. The number of anilines is 1. The summed E-state index contributed by atoms with van der Waals surface area (Å²) in [5.41, 5.74) is 3.21. The molecular formula is C15H21N3O. The van der Waals surface area contributed by atoms with E-state index in [0.29, 0.717) is 5.56 Å². The molecule has 19 heavy (non-hydrogen) atoms. The molecule has 1 aromatic rings. The van der Waals surface area contributed by atoms with Crippen molar-refractivity contribution in [2.24, 2.45) is 0 Å². The third-order valence-corrected chi connectivity index (χ3v) is 3.33. The second-order valence-electron chi connectivity index (χ2n) is 5.92. The van der Waals surface area contributed by atoms with E-state index < -0.39 is 0 Å². The highest BCUT2D eigenvalue weighted by Gasteiger charge is 2.32. The molecule has 0 aromatic carbocycles. The van der Waals surface area contributed by atoms with Gasteiger partial charge in [0.2, 0.25) is 0 Å². The summed E-state index contributed by atoms with van der Waals surface area (Å²) in [6, 6.07) is 4.29. The van der Waals surface area contributed by atoms with Crippen LogP contribution in [0.5, 0.6) is 0 Å². The molecule has 102 valence electrons. The van der Waals surface area contributed by atoms with Gasteiger partial charge in [-0.25, -0.2) is 0 Å². The van der Waals surface area contributed by atoms with E-state index in [-0.39, 0.29) is 11.7 Å². The van der Waals surface area contributed by atoms with Crippen molar-refractivity contribution in [1.82, 2.24) is 4.98 Å². The zero-order valence-corrected chi connectivity index (χ0v) is 12.3. The molecule has 0 bridgehead atoms. The van der Waals surface area contributed by atoms with E-state index in [1.807, 2.05) is 19.9 Å². The van der Waals surface area contributed by atoms with E-state index in [9.17, 15) is 5.26 Å². The Hall–Kier alpha value is -1.60. The van der Waals surface area contributed by atoms with Crippen LogP contribution in [-0.4, -0.2) is 29.8 Å². The minimum absolute atomic E-state index is 0.157. The summed E-state index contributed by atoms with van der Waals surface area (Å²) in [5, 5.41) is 9.37. The molecule has 0 amide bonds.